The maximum absolute atomic E-state index is 13.5. The van der Waals surface area contributed by atoms with Crippen LogP contribution in [0.1, 0.15) is 25.3 Å². The smallest absolute Gasteiger partial charge is 0.127 e. The molecule has 1 fully saturated rings. The molecule has 0 radical (unpaired) electrons. The minimum absolute atomic E-state index is 0.189. The first-order valence-corrected chi connectivity index (χ1v) is 7.24. The van der Waals surface area contributed by atoms with E-state index in [1.54, 1.807) is 12.1 Å². The summed E-state index contributed by atoms with van der Waals surface area (Å²) in [6.07, 6.45) is 2.52. The molecule has 1 aliphatic rings. The van der Waals surface area contributed by atoms with Gasteiger partial charge in [0, 0.05) is 28.4 Å². The average molecular weight is 274 g/mol. The van der Waals surface area contributed by atoms with Gasteiger partial charge < -0.3 is 5.32 Å². The Bertz CT molecular complexity index is 391. The van der Waals surface area contributed by atoms with Gasteiger partial charge in [-0.2, -0.15) is 11.8 Å². The van der Waals surface area contributed by atoms with Crippen LogP contribution in [0.3, 0.4) is 0 Å². The van der Waals surface area contributed by atoms with Crippen LogP contribution >= 0.6 is 23.4 Å². The highest BCUT2D eigenvalue weighted by molar-refractivity contribution is 8.00. The van der Waals surface area contributed by atoms with Crippen molar-refractivity contribution in [3.05, 3.63) is 34.6 Å². The van der Waals surface area contributed by atoms with Crippen LogP contribution in [0.15, 0.2) is 18.2 Å². The zero-order valence-electron chi connectivity index (χ0n) is 9.93. The lowest BCUT2D eigenvalue weighted by atomic mass is 10.1. The summed E-state index contributed by atoms with van der Waals surface area (Å²) < 4.78 is 13.8. The van der Waals surface area contributed by atoms with E-state index in [-0.39, 0.29) is 5.82 Å². The largest absolute Gasteiger partial charge is 0.311 e. The molecule has 1 N–H and O–H groups in total. The third kappa shape index (κ3) is 3.60. The minimum Gasteiger partial charge on any atom is -0.311 e. The van der Waals surface area contributed by atoms with E-state index in [2.05, 4.69) is 12.2 Å². The van der Waals surface area contributed by atoms with Crippen molar-refractivity contribution in [3.8, 4) is 0 Å². The molecule has 0 amide bonds. The molecule has 1 atom stereocenters. The molecule has 0 spiro atoms. The summed E-state index contributed by atoms with van der Waals surface area (Å²) >= 11 is 7.86. The van der Waals surface area contributed by atoms with Crippen LogP contribution in [0.2, 0.25) is 5.02 Å². The second-order valence-corrected chi connectivity index (χ2v) is 6.86. The van der Waals surface area contributed by atoms with E-state index in [1.165, 1.54) is 24.7 Å². The van der Waals surface area contributed by atoms with Crippen molar-refractivity contribution in [2.24, 2.45) is 0 Å². The fraction of sp³-hybridized carbons (Fsp3) is 0.538. The van der Waals surface area contributed by atoms with E-state index in [1.807, 2.05) is 11.8 Å². The number of rotatable bonds is 4. The van der Waals surface area contributed by atoms with Crippen LogP contribution in [-0.2, 0) is 6.54 Å². The van der Waals surface area contributed by atoms with E-state index < -0.39 is 0 Å². The second kappa shape index (κ2) is 5.59. The fourth-order valence-corrected chi connectivity index (χ4v) is 3.59. The molecule has 1 aromatic rings. The Kier molecular flexibility index (Phi) is 4.34. The number of hydrogen-bond acceptors (Lipinski definition) is 2. The molecule has 2 rings (SSSR count). The van der Waals surface area contributed by atoms with Crippen molar-refractivity contribution in [3.63, 3.8) is 0 Å². The van der Waals surface area contributed by atoms with Gasteiger partial charge in [-0.1, -0.05) is 11.6 Å². The summed E-state index contributed by atoms with van der Waals surface area (Å²) in [5.74, 6) is 1.05. The standard InChI is InChI=1S/C13H17ClFNS/c1-13(5-2-6-17-13)9-16-8-10-7-11(14)3-4-12(10)15/h3-4,7,16H,2,5-6,8-9H2,1H3. The monoisotopic (exact) mass is 273 g/mol. The molecule has 0 aromatic heterocycles. The van der Waals surface area contributed by atoms with Crippen LogP contribution in [0.5, 0.6) is 0 Å². The van der Waals surface area contributed by atoms with E-state index in [9.17, 15) is 4.39 Å². The topological polar surface area (TPSA) is 12.0 Å². The summed E-state index contributed by atoms with van der Waals surface area (Å²) in [5.41, 5.74) is 0.643. The van der Waals surface area contributed by atoms with Crippen molar-refractivity contribution >= 4 is 23.4 Å². The molecule has 1 aromatic carbocycles. The molecule has 1 heterocycles. The highest BCUT2D eigenvalue weighted by Crippen LogP contribution is 2.37. The molecule has 1 unspecified atom stereocenters. The lowest BCUT2D eigenvalue weighted by Crippen LogP contribution is -2.32. The predicted octanol–water partition coefficient (Wildman–Crippen LogP) is 3.85. The molecule has 1 aliphatic heterocycles. The number of halogens is 2. The van der Waals surface area contributed by atoms with E-state index in [4.69, 9.17) is 11.6 Å². The zero-order valence-corrected chi connectivity index (χ0v) is 11.5. The quantitative estimate of drug-likeness (QED) is 0.894. The van der Waals surface area contributed by atoms with Crippen molar-refractivity contribution < 1.29 is 4.39 Å². The average Bonchev–Trinajstić information content (AvgIpc) is 2.71. The highest BCUT2D eigenvalue weighted by atomic mass is 35.5. The van der Waals surface area contributed by atoms with Crippen LogP contribution in [0.4, 0.5) is 4.39 Å². The Morgan fingerprint density at radius 3 is 3.06 bits per heavy atom. The number of thioether (sulfide) groups is 1. The Hall–Kier alpha value is -0.250. The summed E-state index contributed by atoms with van der Waals surface area (Å²) in [6, 6.07) is 4.69. The Morgan fingerprint density at radius 1 is 1.53 bits per heavy atom. The van der Waals surface area contributed by atoms with Gasteiger partial charge in [-0.3, -0.25) is 0 Å². The van der Waals surface area contributed by atoms with Crippen LogP contribution in [-0.4, -0.2) is 17.0 Å². The maximum atomic E-state index is 13.5. The van der Waals surface area contributed by atoms with Crippen LogP contribution < -0.4 is 5.32 Å². The molecule has 1 nitrogen and oxygen atoms in total. The van der Waals surface area contributed by atoms with Crippen molar-refractivity contribution in [2.45, 2.75) is 31.1 Å². The lowest BCUT2D eigenvalue weighted by Gasteiger charge is -2.23. The normalized spacial score (nSPS) is 24.2. The van der Waals surface area contributed by atoms with Gasteiger partial charge in [0.05, 0.1) is 0 Å². The van der Waals surface area contributed by atoms with Gasteiger partial charge in [0.15, 0.2) is 0 Å². The van der Waals surface area contributed by atoms with E-state index in [0.29, 0.717) is 21.9 Å². The van der Waals surface area contributed by atoms with Crippen LogP contribution in [0.25, 0.3) is 0 Å². The molecular formula is C13H17ClFNS. The maximum Gasteiger partial charge on any atom is 0.127 e. The zero-order chi connectivity index (χ0) is 12.3. The number of nitrogens with one attached hydrogen (secondary N) is 1. The van der Waals surface area contributed by atoms with Gasteiger partial charge in [-0.15, -0.1) is 0 Å². The minimum atomic E-state index is -0.189. The summed E-state index contributed by atoms with van der Waals surface area (Å²) in [6.45, 7) is 3.73. The van der Waals surface area contributed by atoms with Crippen molar-refractivity contribution in [1.29, 1.82) is 0 Å². The third-order valence-electron chi connectivity index (χ3n) is 3.12. The van der Waals surface area contributed by atoms with Crippen LogP contribution in [0, 0.1) is 5.82 Å². The molecule has 4 heteroatoms. The molecule has 0 bridgehead atoms. The summed E-state index contributed by atoms with van der Waals surface area (Å²) in [4.78, 5) is 0. The summed E-state index contributed by atoms with van der Waals surface area (Å²) in [7, 11) is 0. The molecule has 0 saturated carbocycles. The predicted molar refractivity (Wildman–Crippen MR) is 73.2 cm³/mol. The van der Waals surface area contributed by atoms with E-state index in [0.717, 1.165) is 6.54 Å². The van der Waals surface area contributed by atoms with Gasteiger partial charge in [-0.25, -0.2) is 4.39 Å². The van der Waals surface area contributed by atoms with Gasteiger partial charge in [0.2, 0.25) is 0 Å². The van der Waals surface area contributed by atoms with Gasteiger partial charge in [0.25, 0.3) is 0 Å². The van der Waals surface area contributed by atoms with Crippen molar-refractivity contribution in [2.75, 3.05) is 12.3 Å². The Balaban J connectivity index is 1.87. The molecular weight excluding hydrogens is 257 g/mol. The highest BCUT2D eigenvalue weighted by Gasteiger charge is 2.28. The molecule has 94 valence electrons. The number of benzene rings is 1. The lowest BCUT2D eigenvalue weighted by molar-refractivity contribution is 0.525. The van der Waals surface area contributed by atoms with E-state index >= 15 is 0 Å². The first kappa shape index (κ1) is 13.2. The first-order valence-electron chi connectivity index (χ1n) is 5.88. The summed E-state index contributed by atoms with van der Waals surface area (Å²) in [5, 5.41) is 3.92. The van der Waals surface area contributed by atoms with Crippen molar-refractivity contribution in [1.82, 2.24) is 5.32 Å². The second-order valence-electron chi connectivity index (χ2n) is 4.74. The molecule has 17 heavy (non-hydrogen) atoms. The van der Waals surface area contributed by atoms with Gasteiger partial charge >= 0.3 is 0 Å². The van der Waals surface area contributed by atoms with Gasteiger partial charge in [-0.05, 0) is 43.7 Å². The number of hydrogen-bond donors (Lipinski definition) is 1. The first-order chi connectivity index (χ1) is 8.09. The Labute approximate surface area is 111 Å². The third-order valence-corrected chi connectivity index (χ3v) is 4.90. The SMILES string of the molecule is CC1(CNCc2cc(Cl)ccc2F)CCCS1. The van der Waals surface area contributed by atoms with Gasteiger partial charge in [0.1, 0.15) is 5.82 Å². The molecule has 1 saturated heterocycles. The Morgan fingerprint density at radius 2 is 2.35 bits per heavy atom. The fourth-order valence-electron chi connectivity index (χ4n) is 2.12. The molecule has 0 aliphatic carbocycles.